The summed E-state index contributed by atoms with van der Waals surface area (Å²) in [4.78, 5) is 4.83. The lowest BCUT2D eigenvalue weighted by Gasteiger charge is -2.26. The van der Waals surface area contributed by atoms with Crippen LogP contribution in [-0.2, 0) is 0 Å². The monoisotopic (exact) mass is 506 g/mol. The van der Waals surface area contributed by atoms with Gasteiger partial charge in [0.05, 0.1) is 0 Å². The van der Waals surface area contributed by atoms with Gasteiger partial charge in [-0.05, 0) is 104 Å². The Labute approximate surface area is 231 Å². The number of benzene rings is 4. The molecule has 200 valence electrons. The molecular weight excluding hydrogens is 460 g/mol. The molecule has 0 aliphatic heterocycles. The first-order chi connectivity index (χ1) is 18.6. The van der Waals surface area contributed by atoms with E-state index >= 15 is 0 Å². The third kappa shape index (κ3) is 5.60. The minimum Gasteiger partial charge on any atom is -0.372 e. The first kappa shape index (κ1) is 27.8. The standard InChI is InChI=1S/C36H46N2/c1-7-27(8-2)32-25-26-35(34-16-14-13-15-33(32)34)36(28-17-21-30(22-18-28)37(9-3)10-4)29-19-23-31(24-20-29)38(11-5)12-6/h13-27,36H,7-12H2,1-6H3. The van der Waals surface area contributed by atoms with Crippen molar-refractivity contribution in [2.75, 3.05) is 36.0 Å². The molecule has 0 fully saturated rings. The summed E-state index contributed by atoms with van der Waals surface area (Å²) in [6.07, 6.45) is 2.34. The fourth-order valence-electron chi connectivity index (χ4n) is 6.17. The largest absolute Gasteiger partial charge is 0.372 e. The van der Waals surface area contributed by atoms with Crippen LogP contribution in [0, 0.1) is 0 Å². The van der Waals surface area contributed by atoms with Crippen LogP contribution >= 0.6 is 0 Å². The summed E-state index contributed by atoms with van der Waals surface area (Å²) in [7, 11) is 0. The topological polar surface area (TPSA) is 6.48 Å². The molecule has 38 heavy (non-hydrogen) atoms. The highest BCUT2D eigenvalue weighted by Gasteiger charge is 2.22. The molecule has 0 spiro atoms. The Bertz CT molecular complexity index is 1220. The molecule has 0 bridgehead atoms. The van der Waals surface area contributed by atoms with Gasteiger partial charge < -0.3 is 9.80 Å². The van der Waals surface area contributed by atoms with Crippen molar-refractivity contribution in [3.05, 3.63) is 107 Å². The summed E-state index contributed by atoms with van der Waals surface area (Å²) in [5, 5.41) is 2.78. The van der Waals surface area contributed by atoms with Gasteiger partial charge in [-0.25, -0.2) is 0 Å². The van der Waals surface area contributed by atoms with Crippen LogP contribution in [0.1, 0.15) is 88.5 Å². The summed E-state index contributed by atoms with van der Waals surface area (Å²) < 4.78 is 0. The Balaban J connectivity index is 1.89. The molecule has 0 unspecified atom stereocenters. The fourth-order valence-corrected chi connectivity index (χ4v) is 6.17. The van der Waals surface area contributed by atoms with E-state index < -0.39 is 0 Å². The first-order valence-electron chi connectivity index (χ1n) is 14.8. The van der Waals surface area contributed by atoms with Crippen molar-refractivity contribution >= 4 is 22.1 Å². The van der Waals surface area contributed by atoms with Crippen molar-refractivity contribution in [2.24, 2.45) is 0 Å². The van der Waals surface area contributed by atoms with Crippen LogP contribution in [0.5, 0.6) is 0 Å². The highest BCUT2D eigenvalue weighted by Crippen LogP contribution is 2.40. The normalized spacial score (nSPS) is 11.5. The summed E-state index contributed by atoms with van der Waals surface area (Å²) in [5.74, 6) is 0.765. The van der Waals surface area contributed by atoms with Crippen LogP contribution in [0.4, 0.5) is 11.4 Å². The molecule has 0 amide bonds. The first-order valence-corrected chi connectivity index (χ1v) is 14.8. The highest BCUT2D eigenvalue weighted by molar-refractivity contribution is 5.90. The molecule has 4 aromatic rings. The number of rotatable bonds is 12. The van der Waals surface area contributed by atoms with E-state index in [0.717, 1.165) is 26.2 Å². The quantitative estimate of drug-likeness (QED) is 0.176. The fraction of sp³-hybridized carbons (Fsp3) is 0.389. The van der Waals surface area contributed by atoms with Crippen molar-refractivity contribution in [2.45, 2.75) is 66.2 Å². The third-order valence-corrected chi connectivity index (χ3v) is 8.44. The summed E-state index contributed by atoms with van der Waals surface area (Å²) in [5.41, 5.74) is 8.16. The average molecular weight is 507 g/mol. The van der Waals surface area contributed by atoms with Gasteiger partial charge in [0.2, 0.25) is 0 Å². The molecule has 0 saturated heterocycles. The van der Waals surface area contributed by atoms with Crippen LogP contribution in [0.25, 0.3) is 10.8 Å². The average Bonchev–Trinajstić information content (AvgIpc) is 2.97. The van der Waals surface area contributed by atoms with E-state index in [4.69, 9.17) is 0 Å². The molecule has 2 nitrogen and oxygen atoms in total. The Morgan fingerprint density at radius 2 is 0.868 bits per heavy atom. The van der Waals surface area contributed by atoms with Gasteiger partial charge in [0, 0.05) is 43.5 Å². The molecule has 0 atom stereocenters. The zero-order valence-corrected chi connectivity index (χ0v) is 24.4. The van der Waals surface area contributed by atoms with E-state index in [-0.39, 0.29) is 5.92 Å². The summed E-state index contributed by atoms with van der Waals surface area (Å²) in [6.45, 7) is 17.6. The Hall–Kier alpha value is -3.26. The van der Waals surface area contributed by atoms with Crippen LogP contribution < -0.4 is 9.80 Å². The molecule has 0 heterocycles. The van der Waals surface area contributed by atoms with E-state index in [1.165, 1.54) is 57.2 Å². The maximum Gasteiger partial charge on any atom is 0.0366 e. The zero-order valence-electron chi connectivity index (χ0n) is 24.4. The Kier molecular flexibility index (Phi) is 9.50. The van der Waals surface area contributed by atoms with Crippen molar-refractivity contribution in [1.29, 1.82) is 0 Å². The van der Waals surface area contributed by atoms with Crippen molar-refractivity contribution in [1.82, 2.24) is 0 Å². The van der Waals surface area contributed by atoms with Gasteiger partial charge in [-0.2, -0.15) is 0 Å². The van der Waals surface area contributed by atoms with E-state index in [2.05, 4.69) is 136 Å². The van der Waals surface area contributed by atoms with Gasteiger partial charge in [0.1, 0.15) is 0 Å². The summed E-state index contributed by atoms with van der Waals surface area (Å²) in [6, 6.07) is 32.5. The SMILES string of the molecule is CCC(CC)c1ccc(C(c2ccc(N(CC)CC)cc2)c2ccc(N(CC)CC)cc2)c2ccccc12. The Morgan fingerprint density at radius 1 is 0.474 bits per heavy atom. The van der Waals surface area contributed by atoms with Gasteiger partial charge in [-0.3, -0.25) is 0 Å². The van der Waals surface area contributed by atoms with E-state index in [9.17, 15) is 0 Å². The summed E-state index contributed by atoms with van der Waals surface area (Å²) >= 11 is 0. The molecular formula is C36H46N2. The van der Waals surface area contributed by atoms with E-state index in [1.54, 1.807) is 0 Å². The van der Waals surface area contributed by atoms with Crippen molar-refractivity contribution < 1.29 is 0 Å². The van der Waals surface area contributed by atoms with E-state index in [1.807, 2.05) is 0 Å². The van der Waals surface area contributed by atoms with Gasteiger partial charge in [0.25, 0.3) is 0 Å². The van der Waals surface area contributed by atoms with Gasteiger partial charge in [0.15, 0.2) is 0 Å². The maximum atomic E-state index is 2.41. The van der Waals surface area contributed by atoms with Gasteiger partial charge in [-0.1, -0.05) is 74.5 Å². The number of hydrogen-bond donors (Lipinski definition) is 0. The minimum absolute atomic E-state index is 0.173. The molecule has 0 aromatic heterocycles. The molecule has 0 aliphatic carbocycles. The maximum absolute atomic E-state index is 2.41. The number of fused-ring (bicyclic) bond motifs is 1. The molecule has 0 saturated carbocycles. The number of nitrogens with zero attached hydrogens (tertiary/aromatic N) is 2. The molecule has 4 rings (SSSR count). The number of anilines is 2. The predicted molar refractivity (Wildman–Crippen MR) is 168 cm³/mol. The third-order valence-electron chi connectivity index (χ3n) is 8.44. The zero-order chi connectivity index (χ0) is 27.1. The molecule has 4 aromatic carbocycles. The van der Waals surface area contributed by atoms with E-state index in [0.29, 0.717) is 5.92 Å². The van der Waals surface area contributed by atoms with Crippen molar-refractivity contribution in [3.63, 3.8) is 0 Å². The molecule has 0 N–H and O–H groups in total. The molecule has 0 radical (unpaired) electrons. The lowest BCUT2D eigenvalue weighted by atomic mass is 9.80. The number of hydrogen-bond acceptors (Lipinski definition) is 2. The molecule has 2 heteroatoms. The lowest BCUT2D eigenvalue weighted by molar-refractivity contribution is 0.646. The van der Waals surface area contributed by atoms with Crippen molar-refractivity contribution in [3.8, 4) is 0 Å². The smallest absolute Gasteiger partial charge is 0.0366 e. The van der Waals surface area contributed by atoms with Gasteiger partial charge in [-0.15, -0.1) is 0 Å². The second-order valence-electron chi connectivity index (χ2n) is 10.3. The van der Waals surface area contributed by atoms with Crippen LogP contribution in [0.2, 0.25) is 0 Å². The second kappa shape index (κ2) is 13.0. The Morgan fingerprint density at radius 3 is 1.26 bits per heavy atom. The minimum atomic E-state index is 0.173. The highest BCUT2D eigenvalue weighted by atomic mass is 15.1. The van der Waals surface area contributed by atoms with Crippen LogP contribution in [0.3, 0.4) is 0 Å². The lowest BCUT2D eigenvalue weighted by Crippen LogP contribution is -2.22. The van der Waals surface area contributed by atoms with Crippen LogP contribution in [-0.4, -0.2) is 26.2 Å². The second-order valence-corrected chi connectivity index (χ2v) is 10.3. The van der Waals surface area contributed by atoms with Crippen LogP contribution in [0.15, 0.2) is 84.9 Å². The van der Waals surface area contributed by atoms with Gasteiger partial charge >= 0.3 is 0 Å². The molecule has 0 aliphatic rings. The predicted octanol–water partition coefficient (Wildman–Crippen LogP) is 9.62.